The number of hydrogen-bond donors (Lipinski definition) is 4. The maximum atomic E-state index is 12.8. The Labute approximate surface area is 164 Å². The second-order valence-electron chi connectivity index (χ2n) is 7.28. The van der Waals surface area contributed by atoms with E-state index in [9.17, 15) is 9.59 Å². The molecule has 1 fully saturated rings. The first-order valence-electron chi connectivity index (χ1n) is 10.0. The van der Waals surface area contributed by atoms with Crippen LogP contribution in [0.1, 0.15) is 43.1 Å². The van der Waals surface area contributed by atoms with Crippen LogP contribution in [0.3, 0.4) is 0 Å². The summed E-state index contributed by atoms with van der Waals surface area (Å²) >= 11 is 0. The van der Waals surface area contributed by atoms with Gasteiger partial charge >= 0.3 is 0 Å². The largest absolute Gasteiger partial charge is 0.395 e. The normalized spacial score (nSPS) is 22.1. The van der Waals surface area contributed by atoms with Crippen LogP contribution in [0, 0.1) is 5.92 Å². The van der Waals surface area contributed by atoms with Gasteiger partial charge in [-0.3, -0.25) is 9.59 Å². The Kier molecular flexibility index (Phi) is 7.06. The number of aromatic nitrogens is 1. The highest BCUT2D eigenvalue weighted by Crippen LogP contribution is 2.28. The summed E-state index contributed by atoms with van der Waals surface area (Å²) in [5.41, 5.74) is 1.42. The molecule has 4 N–H and O–H groups in total. The van der Waals surface area contributed by atoms with Gasteiger partial charge in [0.15, 0.2) is 0 Å². The van der Waals surface area contributed by atoms with Gasteiger partial charge in [-0.25, -0.2) is 0 Å². The van der Waals surface area contributed by atoms with Gasteiger partial charge in [0.1, 0.15) is 5.69 Å². The molecule has 0 bridgehead atoms. The second kappa shape index (κ2) is 9.71. The highest BCUT2D eigenvalue weighted by molar-refractivity contribution is 5.98. The van der Waals surface area contributed by atoms with Gasteiger partial charge in [-0.2, -0.15) is 0 Å². The van der Waals surface area contributed by atoms with Crippen molar-refractivity contribution >= 4 is 22.7 Å². The van der Waals surface area contributed by atoms with Crippen molar-refractivity contribution in [2.45, 2.75) is 44.8 Å². The van der Waals surface area contributed by atoms with E-state index in [1.165, 1.54) is 0 Å². The summed E-state index contributed by atoms with van der Waals surface area (Å²) in [6, 6.07) is 9.35. The lowest BCUT2D eigenvalue weighted by molar-refractivity contribution is -0.127. The molecular weight excluding hydrogens is 358 g/mol. The molecule has 0 saturated heterocycles. The number of aliphatic hydroxyl groups is 1. The molecule has 0 spiro atoms. The molecule has 2 amide bonds. The minimum Gasteiger partial charge on any atom is -0.395 e. The van der Waals surface area contributed by atoms with Crippen molar-refractivity contribution in [1.29, 1.82) is 0 Å². The Hall–Kier alpha value is -2.38. The average molecular weight is 387 g/mol. The number of H-pyrrole nitrogens is 1. The lowest BCUT2D eigenvalue weighted by Gasteiger charge is -2.35. The van der Waals surface area contributed by atoms with E-state index in [0.717, 1.165) is 23.7 Å². The molecule has 2 aromatic rings. The van der Waals surface area contributed by atoms with Gasteiger partial charge < -0.3 is 25.5 Å². The van der Waals surface area contributed by atoms with Crippen LogP contribution in [0.4, 0.5) is 0 Å². The third kappa shape index (κ3) is 4.91. The zero-order valence-corrected chi connectivity index (χ0v) is 16.2. The molecule has 1 heterocycles. The third-order valence-corrected chi connectivity index (χ3v) is 5.20. The van der Waals surface area contributed by atoms with Crippen LogP contribution in [0.15, 0.2) is 30.3 Å². The van der Waals surface area contributed by atoms with Gasteiger partial charge in [0.05, 0.1) is 18.8 Å². The number of carbonyl (C=O) groups excluding carboxylic acids is 2. The van der Waals surface area contributed by atoms with E-state index >= 15 is 0 Å². The van der Waals surface area contributed by atoms with Crippen LogP contribution in [0.2, 0.25) is 0 Å². The number of aromatic amines is 1. The van der Waals surface area contributed by atoms with Crippen molar-refractivity contribution in [2.24, 2.45) is 5.92 Å². The molecule has 1 aromatic heterocycles. The number of carbonyl (C=O) groups is 2. The first-order chi connectivity index (χ1) is 13.6. The maximum absolute atomic E-state index is 12.8. The Balaban J connectivity index is 1.69. The molecular formula is C21H29N3O4. The number of para-hydroxylation sites is 1. The minimum atomic E-state index is -0.232. The number of fused-ring (bicyclic) bond motifs is 1. The molecule has 7 heteroatoms. The summed E-state index contributed by atoms with van der Waals surface area (Å²) < 4.78 is 5.95. The molecule has 152 valence electrons. The molecule has 3 rings (SSSR count). The summed E-state index contributed by atoms with van der Waals surface area (Å²) in [5, 5.41) is 15.7. The predicted molar refractivity (Wildman–Crippen MR) is 107 cm³/mol. The Morgan fingerprint density at radius 2 is 2.11 bits per heavy atom. The minimum absolute atomic E-state index is 0.0761. The fraction of sp³-hybridized carbons (Fsp3) is 0.524. The number of aliphatic hydroxyl groups excluding tert-OH is 1. The molecule has 1 aromatic carbocycles. The number of benzene rings is 1. The van der Waals surface area contributed by atoms with Crippen molar-refractivity contribution in [1.82, 2.24) is 15.6 Å². The maximum Gasteiger partial charge on any atom is 0.268 e. The molecule has 1 aliphatic carbocycles. The molecule has 1 aliphatic rings. The zero-order valence-electron chi connectivity index (χ0n) is 16.2. The van der Waals surface area contributed by atoms with Crippen molar-refractivity contribution < 1.29 is 19.4 Å². The van der Waals surface area contributed by atoms with Crippen LogP contribution in [0.25, 0.3) is 10.9 Å². The second-order valence-corrected chi connectivity index (χ2v) is 7.28. The summed E-state index contributed by atoms with van der Waals surface area (Å²) in [7, 11) is 0. The van der Waals surface area contributed by atoms with Gasteiger partial charge in [-0.05, 0) is 37.8 Å². The molecule has 0 radical (unpaired) electrons. The zero-order chi connectivity index (χ0) is 19.9. The Morgan fingerprint density at radius 3 is 2.86 bits per heavy atom. The molecule has 0 aliphatic heterocycles. The van der Waals surface area contributed by atoms with Crippen LogP contribution in [0.5, 0.6) is 0 Å². The highest BCUT2D eigenvalue weighted by atomic mass is 16.5. The standard InChI is InChI=1S/C21H29N3O4/c1-2-11-28-19-8-7-15(20(26)22-9-10-25)13-17(19)24-21(27)18-12-14-5-3-4-6-16(14)23-18/h3-6,12,15,17,19,23,25H,2,7-11,13H2,1H3,(H,22,26)(H,24,27)/t15-,17+,19+/m0/s1. The summed E-state index contributed by atoms with van der Waals surface area (Å²) in [6.45, 7) is 2.84. The van der Waals surface area contributed by atoms with Crippen molar-refractivity contribution in [3.63, 3.8) is 0 Å². The first kappa shape index (κ1) is 20.4. The first-order valence-corrected chi connectivity index (χ1v) is 10.0. The van der Waals surface area contributed by atoms with E-state index in [1.807, 2.05) is 37.3 Å². The third-order valence-electron chi connectivity index (χ3n) is 5.20. The molecule has 7 nitrogen and oxygen atoms in total. The fourth-order valence-corrected chi connectivity index (χ4v) is 3.77. The molecule has 0 unspecified atom stereocenters. The van der Waals surface area contributed by atoms with Gasteiger partial charge in [-0.15, -0.1) is 0 Å². The molecule has 3 atom stereocenters. The van der Waals surface area contributed by atoms with E-state index < -0.39 is 0 Å². The smallest absolute Gasteiger partial charge is 0.268 e. The lowest BCUT2D eigenvalue weighted by atomic mass is 9.83. The van der Waals surface area contributed by atoms with Crippen LogP contribution >= 0.6 is 0 Å². The number of amides is 2. The van der Waals surface area contributed by atoms with Crippen molar-refractivity contribution in [2.75, 3.05) is 19.8 Å². The fourth-order valence-electron chi connectivity index (χ4n) is 3.77. The van der Waals surface area contributed by atoms with Gasteiger partial charge in [0.25, 0.3) is 5.91 Å². The highest BCUT2D eigenvalue weighted by Gasteiger charge is 2.35. The topological polar surface area (TPSA) is 103 Å². The summed E-state index contributed by atoms with van der Waals surface area (Å²) in [6.07, 6.45) is 2.76. The van der Waals surface area contributed by atoms with E-state index in [-0.39, 0.29) is 43.0 Å². The summed E-state index contributed by atoms with van der Waals surface area (Å²) in [4.78, 5) is 28.3. The van der Waals surface area contributed by atoms with Crippen LogP contribution < -0.4 is 10.6 Å². The van der Waals surface area contributed by atoms with Gasteiger partial charge in [0.2, 0.25) is 5.91 Å². The van der Waals surface area contributed by atoms with Crippen molar-refractivity contribution in [3.05, 3.63) is 36.0 Å². The van der Waals surface area contributed by atoms with Crippen LogP contribution in [-0.2, 0) is 9.53 Å². The Morgan fingerprint density at radius 1 is 1.29 bits per heavy atom. The van der Waals surface area contributed by atoms with Crippen LogP contribution in [-0.4, -0.2) is 53.8 Å². The van der Waals surface area contributed by atoms with Gasteiger partial charge in [0, 0.05) is 30.0 Å². The SMILES string of the molecule is CCCO[C@@H]1CC[C@H](C(=O)NCCO)C[C@H]1NC(=O)c1cc2ccccc2[nH]1. The van der Waals surface area contributed by atoms with Gasteiger partial charge in [-0.1, -0.05) is 25.1 Å². The van der Waals surface area contributed by atoms with E-state index in [0.29, 0.717) is 25.1 Å². The predicted octanol–water partition coefficient (Wildman–Crippen LogP) is 1.97. The number of rotatable bonds is 8. The van der Waals surface area contributed by atoms with E-state index in [1.54, 1.807) is 0 Å². The molecule has 28 heavy (non-hydrogen) atoms. The summed E-state index contributed by atoms with van der Waals surface area (Å²) in [5.74, 6) is -0.461. The molecule has 1 saturated carbocycles. The number of nitrogens with one attached hydrogen (secondary N) is 3. The van der Waals surface area contributed by atoms with E-state index in [4.69, 9.17) is 9.84 Å². The lowest BCUT2D eigenvalue weighted by Crippen LogP contribution is -2.50. The van der Waals surface area contributed by atoms with E-state index in [2.05, 4.69) is 15.6 Å². The average Bonchev–Trinajstić information content (AvgIpc) is 3.15. The monoisotopic (exact) mass is 387 g/mol. The quantitative estimate of drug-likeness (QED) is 0.556. The Bertz CT molecular complexity index is 771. The number of hydrogen-bond acceptors (Lipinski definition) is 4. The van der Waals surface area contributed by atoms with Crippen molar-refractivity contribution in [3.8, 4) is 0 Å². The number of ether oxygens (including phenoxy) is 1.